The number of hydrogen-bond acceptors (Lipinski definition) is 6. The van der Waals surface area contributed by atoms with Crippen LogP contribution in [0, 0.1) is 11.3 Å². The molecule has 0 aliphatic carbocycles. The first-order chi connectivity index (χ1) is 11.7. The smallest absolute Gasteiger partial charge is 0.245 e. The van der Waals surface area contributed by atoms with E-state index >= 15 is 0 Å². The number of amides is 1. The van der Waals surface area contributed by atoms with Crippen molar-refractivity contribution in [3.63, 3.8) is 0 Å². The Bertz CT molecular complexity index is 614. The molecule has 130 valence electrons. The van der Waals surface area contributed by atoms with E-state index in [0.29, 0.717) is 12.1 Å². The fourth-order valence-electron chi connectivity index (χ4n) is 3.72. The summed E-state index contributed by atoms with van der Waals surface area (Å²) in [5, 5.41) is 21.3. The normalized spacial score (nSPS) is 24.3. The third kappa shape index (κ3) is 3.20. The maximum atomic E-state index is 12.8. The van der Waals surface area contributed by atoms with Crippen LogP contribution in [-0.4, -0.2) is 72.2 Å². The van der Waals surface area contributed by atoms with Gasteiger partial charge in [0.15, 0.2) is 0 Å². The molecule has 2 saturated heterocycles. The van der Waals surface area contributed by atoms with Crippen LogP contribution >= 0.6 is 11.3 Å². The first-order valence-electron chi connectivity index (χ1n) is 8.57. The number of anilines is 1. The van der Waals surface area contributed by atoms with Crippen molar-refractivity contribution in [2.45, 2.75) is 31.8 Å². The number of nitrogens with zero attached hydrogens (tertiary/aromatic N) is 4. The summed E-state index contributed by atoms with van der Waals surface area (Å²) in [5.41, 5.74) is 0.590. The highest BCUT2D eigenvalue weighted by molar-refractivity contribution is 7.14. The molecule has 1 aromatic rings. The van der Waals surface area contributed by atoms with Crippen molar-refractivity contribution in [1.29, 1.82) is 5.26 Å². The summed E-state index contributed by atoms with van der Waals surface area (Å²) >= 11 is 1.46. The summed E-state index contributed by atoms with van der Waals surface area (Å²) in [5.74, 6) is 0.122. The van der Waals surface area contributed by atoms with Crippen LogP contribution in [0.2, 0.25) is 0 Å². The van der Waals surface area contributed by atoms with Crippen molar-refractivity contribution in [2.24, 2.45) is 0 Å². The summed E-state index contributed by atoms with van der Waals surface area (Å²) in [7, 11) is 0. The van der Waals surface area contributed by atoms with E-state index < -0.39 is 0 Å². The molecular formula is C17H24N4O2S. The summed E-state index contributed by atoms with van der Waals surface area (Å²) < 4.78 is 0. The highest BCUT2D eigenvalue weighted by atomic mass is 32.1. The fourth-order valence-corrected chi connectivity index (χ4v) is 4.60. The van der Waals surface area contributed by atoms with Gasteiger partial charge in [0.1, 0.15) is 11.1 Å². The molecule has 1 aromatic heterocycles. The first kappa shape index (κ1) is 17.4. The van der Waals surface area contributed by atoms with Crippen LogP contribution < -0.4 is 4.90 Å². The Morgan fingerprint density at radius 3 is 2.75 bits per heavy atom. The Morgan fingerprint density at radius 2 is 2.12 bits per heavy atom. The minimum atomic E-state index is -0.0741. The second kappa shape index (κ2) is 7.62. The van der Waals surface area contributed by atoms with Crippen LogP contribution in [0.4, 0.5) is 5.00 Å². The van der Waals surface area contributed by atoms with Crippen LogP contribution in [0.3, 0.4) is 0 Å². The van der Waals surface area contributed by atoms with Gasteiger partial charge in [-0.3, -0.25) is 14.6 Å². The van der Waals surface area contributed by atoms with Gasteiger partial charge in [-0.1, -0.05) is 6.92 Å². The van der Waals surface area contributed by atoms with Gasteiger partial charge in [0.2, 0.25) is 5.91 Å². The van der Waals surface area contributed by atoms with E-state index in [-0.39, 0.29) is 24.6 Å². The van der Waals surface area contributed by atoms with E-state index in [4.69, 9.17) is 0 Å². The van der Waals surface area contributed by atoms with Gasteiger partial charge < -0.3 is 10.0 Å². The first-order valence-corrected chi connectivity index (χ1v) is 9.45. The topological polar surface area (TPSA) is 70.8 Å². The van der Waals surface area contributed by atoms with Crippen LogP contribution in [0.15, 0.2) is 11.4 Å². The second-order valence-corrected chi connectivity index (χ2v) is 7.26. The van der Waals surface area contributed by atoms with E-state index in [9.17, 15) is 15.2 Å². The number of piperazine rings is 1. The highest BCUT2D eigenvalue weighted by Gasteiger charge is 2.39. The zero-order valence-electron chi connectivity index (χ0n) is 14.0. The van der Waals surface area contributed by atoms with E-state index in [1.807, 2.05) is 5.38 Å². The van der Waals surface area contributed by atoms with Gasteiger partial charge in [-0.15, -0.1) is 11.3 Å². The third-order valence-corrected chi connectivity index (χ3v) is 6.11. The molecule has 0 radical (unpaired) electrons. The van der Waals surface area contributed by atoms with Gasteiger partial charge >= 0.3 is 0 Å². The highest BCUT2D eigenvalue weighted by Crippen LogP contribution is 2.32. The van der Waals surface area contributed by atoms with Gasteiger partial charge in [-0.25, -0.2) is 0 Å². The summed E-state index contributed by atoms with van der Waals surface area (Å²) in [6.07, 6.45) is 1.76. The minimum Gasteiger partial charge on any atom is -0.395 e. The molecule has 0 aromatic carbocycles. The fraction of sp³-hybridized carbons (Fsp3) is 0.647. The van der Waals surface area contributed by atoms with Crippen molar-refractivity contribution < 1.29 is 9.90 Å². The summed E-state index contributed by atoms with van der Waals surface area (Å²) in [6.45, 7) is 6.48. The minimum absolute atomic E-state index is 0.0741. The number of hydrogen-bond donors (Lipinski definition) is 1. The second-order valence-electron chi connectivity index (χ2n) is 6.36. The van der Waals surface area contributed by atoms with Crippen molar-refractivity contribution >= 4 is 22.2 Å². The average Bonchev–Trinajstić information content (AvgIpc) is 3.22. The zero-order valence-corrected chi connectivity index (χ0v) is 14.8. The van der Waals surface area contributed by atoms with Gasteiger partial charge in [-0.2, -0.15) is 5.26 Å². The lowest BCUT2D eigenvalue weighted by atomic mass is 10.1. The molecular weight excluding hydrogens is 324 g/mol. The Labute approximate surface area is 146 Å². The Hall–Kier alpha value is -1.46. The van der Waals surface area contributed by atoms with Gasteiger partial charge in [0.25, 0.3) is 0 Å². The van der Waals surface area contributed by atoms with Crippen LogP contribution in [-0.2, 0) is 4.79 Å². The lowest BCUT2D eigenvalue weighted by Crippen LogP contribution is -2.55. The van der Waals surface area contributed by atoms with E-state index in [0.717, 1.165) is 44.0 Å². The summed E-state index contributed by atoms with van der Waals surface area (Å²) in [4.78, 5) is 19.2. The molecule has 1 amide bonds. The average molecular weight is 348 g/mol. The number of thiophene rings is 1. The van der Waals surface area contributed by atoms with Crippen molar-refractivity contribution in [3.8, 4) is 6.07 Å². The lowest BCUT2D eigenvalue weighted by Gasteiger charge is -2.40. The monoisotopic (exact) mass is 348 g/mol. The number of rotatable bonds is 5. The van der Waals surface area contributed by atoms with Gasteiger partial charge in [0.05, 0.1) is 18.2 Å². The molecule has 3 heterocycles. The Morgan fingerprint density at radius 1 is 1.38 bits per heavy atom. The largest absolute Gasteiger partial charge is 0.395 e. The molecule has 2 aliphatic rings. The molecule has 2 aliphatic heterocycles. The lowest BCUT2D eigenvalue weighted by molar-refractivity contribution is -0.122. The van der Waals surface area contributed by atoms with Crippen LogP contribution in [0.25, 0.3) is 0 Å². The molecule has 0 spiro atoms. The molecule has 3 rings (SSSR count). The van der Waals surface area contributed by atoms with Crippen molar-refractivity contribution in [3.05, 3.63) is 17.0 Å². The molecule has 6 nitrogen and oxygen atoms in total. The zero-order chi connectivity index (χ0) is 17.1. The number of aliphatic hydroxyl groups is 1. The number of carbonyl (C=O) groups excluding carboxylic acids is 1. The summed E-state index contributed by atoms with van der Waals surface area (Å²) in [6, 6.07) is 4.10. The van der Waals surface area contributed by atoms with E-state index in [2.05, 4.69) is 22.8 Å². The molecule has 0 bridgehead atoms. The van der Waals surface area contributed by atoms with Crippen LogP contribution in [0.1, 0.15) is 25.3 Å². The number of aliphatic hydroxyl groups excluding tert-OH is 1. The quantitative estimate of drug-likeness (QED) is 0.863. The van der Waals surface area contributed by atoms with Gasteiger partial charge in [-0.05, 0) is 24.3 Å². The van der Waals surface area contributed by atoms with Crippen molar-refractivity contribution in [1.82, 2.24) is 9.80 Å². The molecule has 0 saturated carbocycles. The Kier molecular flexibility index (Phi) is 5.51. The predicted octanol–water partition coefficient (Wildman–Crippen LogP) is 1.11. The number of nitriles is 1. The molecule has 1 N–H and O–H groups in total. The molecule has 2 unspecified atom stereocenters. The molecule has 24 heavy (non-hydrogen) atoms. The van der Waals surface area contributed by atoms with Gasteiger partial charge in [0, 0.05) is 38.8 Å². The van der Waals surface area contributed by atoms with E-state index in [1.165, 1.54) is 11.3 Å². The van der Waals surface area contributed by atoms with Crippen LogP contribution in [0.5, 0.6) is 0 Å². The number of carbonyl (C=O) groups is 1. The standard InChI is InChI=1S/C17H24N4O2S/c1-2-14(12-22)19-6-8-20(9-7-19)15-3-5-21(16(15)23)17-13(11-18)4-10-24-17/h4,10,14-15,22H,2-3,5-9,12H2,1H3. The van der Waals surface area contributed by atoms with E-state index in [1.54, 1.807) is 11.0 Å². The SMILES string of the molecule is CCC(CO)N1CCN(C2CCN(c3sccc3C#N)C2=O)CC1. The predicted molar refractivity (Wildman–Crippen MR) is 94.1 cm³/mol. The molecule has 2 atom stereocenters. The molecule has 2 fully saturated rings. The maximum Gasteiger partial charge on any atom is 0.245 e. The van der Waals surface area contributed by atoms with Crippen molar-refractivity contribution in [2.75, 3.05) is 44.2 Å². The Balaban J connectivity index is 1.62. The third-order valence-electron chi connectivity index (χ3n) is 5.18. The maximum absolute atomic E-state index is 12.8. The molecule has 7 heteroatoms.